The molecule has 3 rings (SSSR count). The quantitative estimate of drug-likeness (QED) is 0.869. The second-order valence-electron chi connectivity index (χ2n) is 6.00. The fourth-order valence-corrected chi connectivity index (χ4v) is 3.24. The molecule has 2 aromatic rings. The lowest BCUT2D eigenvalue weighted by atomic mass is 10.0. The van der Waals surface area contributed by atoms with Crippen LogP contribution in [0.25, 0.3) is 0 Å². The molecule has 5 nitrogen and oxygen atoms in total. The molecule has 0 aliphatic carbocycles. The van der Waals surface area contributed by atoms with Crippen molar-refractivity contribution in [1.29, 1.82) is 0 Å². The molecule has 2 heterocycles. The Hall–Kier alpha value is -2.30. The van der Waals surface area contributed by atoms with Gasteiger partial charge < -0.3 is 14.2 Å². The molecular weight excluding hydrogens is 292 g/mol. The van der Waals surface area contributed by atoms with Crippen LogP contribution in [0.15, 0.2) is 28.8 Å². The van der Waals surface area contributed by atoms with Crippen molar-refractivity contribution in [2.24, 2.45) is 0 Å². The number of hydrogen-bond acceptors (Lipinski definition) is 4. The van der Waals surface area contributed by atoms with Crippen LogP contribution in [-0.2, 0) is 11.2 Å². The average molecular weight is 314 g/mol. The zero-order valence-electron chi connectivity index (χ0n) is 13.8. The highest BCUT2D eigenvalue weighted by Gasteiger charge is 2.30. The van der Waals surface area contributed by atoms with E-state index in [0.717, 1.165) is 47.7 Å². The molecule has 122 valence electrons. The Labute approximate surface area is 136 Å². The molecule has 1 saturated heterocycles. The van der Waals surface area contributed by atoms with E-state index < -0.39 is 0 Å². The predicted octanol–water partition coefficient (Wildman–Crippen LogP) is 3.21. The highest BCUT2D eigenvalue weighted by Crippen LogP contribution is 2.33. The molecule has 1 aromatic carbocycles. The van der Waals surface area contributed by atoms with Crippen molar-refractivity contribution in [2.45, 2.75) is 39.2 Å². The maximum Gasteiger partial charge on any atom is 0.227 e. The number of benzene rings is 1. The summed E-state index contributed by atoms with van der Waals surface area (Å²) in [5.41, 5.74) is 2.88. The topological polar surface area (TPSA) is 55.6 Å². The minimum absolute atomic E-state index is 0.137. The van der Waals surface area contributed by atoms with Crippen LogP contribution in [0.2, 0.25) is 0 Å². The molecular formula is C18H22N2O3. The lowest BCUT2D eigenvalue weighted by Gasteiger charge is -2.25. The van der Waals surface area contributed by atoms with Crippen molar-refractivity contribution in [3.8, 4) is 5.75 Å². The van der Waals surface area contributed by atoms with E-state index in [-0.39, 0.29) is 11.9 Å². The minimum atomic E-state index is 0.137. The lowest BCUT2D eigenvalue weighted by Crippen LogP contribution is -2.32. The van der Waals surface area contributed by atoms with E-state index >= 15 is 0 Å². The largest absolute Gasteiger partial charge is 0.497 e. The van der Waals surface area contributed by atoms with Crippen molar-refractivity contribution < 1.29 is 14.1 Å². The van der Waals surface area contributed by atoms with Crippen LogP contribution in [0.1, 0.15) is 41.5 Å². The molecule has 0 N–H and O–H groups in total. The number of aryl methyl sites for hydroxylation is 2. The Morgan fingerprint density at radius 1 is 1.35 bits per heavy atom. The van der Waals surface area contributed by atoms with Gasteiger partial charge in [0.2, 0.25) is 5.91 Å². The van der Waals surface area contributed by atoms with Gasteiger partial charge in [-0.15, -0.1) is 0 Å². The average Bonchev–Trinajstić information content (AvgIpc) is 3.17. The zero-order chi connectivity index (χ0) is 16.4. The van der Waals surface area contributed by atoms with Crippen LogP contribution >= 0.6 is 0 Å². The first-order valence-corrected chi connectivity index (χ1v) is 7.95. The highest BCUT2D eigenvalue weighted by atomic mass is 16.5. The van der Waals surface area contributed by atoms with Crippen LogP contribution in [0.4, 0.5) is 0 Å². The number of carbonyl (C=O) groups excluding carboxylic acids is 1. The normalized spacial score (nSPS) is 17.5. The van der Waals surface area contributed by atoms with Crippen LogP contribution in [0, 0.1) is 13.8 Å². The van der Waals surface area contributed by atoms with Gasteiger partial charge >= 0.3 is 0 Å². The first kappa shape index (κ1) is 15.6. The van der Waals surface area contributed by atoms with Crippen molar-refractivity contribution in [3.05, 3.63) is 46.8 Å². The third-order valence-corrected chi connectivity index (χ3v) is 4.58. The smallest absolute Gasteiger partial charge is 0.227 e. The summed E-state index contributed by atoms with van der Waals surface area (Å²) in [6.07, 6.45) is 2.39. The summed E-state index contributed by atoms with van der Waals surface area (Å²) in [7, 11) is 1.66. The predicted molar refractivity (Wildman–Crippen MR) is 86.4 cm³/mol. The van der Waals surface area contributed by atoms with Gasteiger partial charge in [0.25, 0.3) is 0 Å². The van der Waals surface area contributed by atoms with Gasteiger partial charge in [-0.3, -0.25) is 4.79 Å². The zero-order valence-corrected chi connectivity index (χ0v) is 13.8. The van der Waals surface area contributed by atoms with Gasteiger partial charge in [-0.1, -0.05) is 17.3 Å². The number of hydrogen-bond donors (Lipinski definition) is 0. The molecule has 1 aliphatic heterocycles. The van der Waals surface area contributed by atoms with E-state index in [2.05, 4.69) is 5.16 Å². The maximum atomic E-state index is 12.8. The van der Waals surface area contributed by atoms with E-state index in [1.54, 1.807) is 7.11 Å². The van der Waals surface area contributed by atoms with E-state index in [9.17, 15) is 4.79 Å². The molecule has 0 radical (unpaired) electrons. The van der Waals surface area contributed by atoms with Crippen LogP contribution in [0.3, 0.4) is 0 Å². The van der Waals surface area contributed by atoms with Crippen LogP contribution in [0.5, 0.6) is 5.75 Å². The maximum absolute atomic E-state index is 12.8. The second kappa shape index (κ2) is 6.44. The summed E-state index contributed by atoms with van der Waals surface area (Å²) in [5, 5.41) is 3.93. The molecule has 0 bridgehead atoms. The Morgan fingerprint density at radius 2 is 2.09 bits per heavy atom. The van der Waals surface area contributed by atoms with Gasteiger partial charge in [0.15, 0.2) is 0 Å². The lowest BCUT2D eigenvalue weighted by molar-refractivity contribution is -0.131. The molecule has 1 fully saturated rings. The minimum Gasteiger partial charge on any atom is -0.497 e. The molecule has 0 spiro atoms. The summed E-state index contributed by atoms with van der Waals surface area (Å²) in [4.78, 5) is 14.7. The Balaban J connectivity index is 1.76. The summed E-state index contributed by atoms with van der Waals surface area (Å²) in [5.74, 6) is 1.70. The molecule has 1 aliphatic rings. The van der Waals surface area contributed by atoms with E-state index in [1.165, 1.54) is 0 Å². The van der Waals surface area contributed by atoms with Gasteiger partial charge in [-0.2, -0.15) is 0 Å². The van der Waals surface area contributed by atoms with Crippen LogP contribution < -0.4 is 4.74 Å². The Bertz CT molecular complexity index is 671. The van der Waals surface area contributed by atoms with E-state index in [4.69, 9.17) is 9.26 Å². The van der Waals surface area contributed by atoms with Gasteiger partial charge in [0.05, 0.1) is 25.3 Å². The van der Waals surface area contributed by atoms with Gasteiger partial charge in [0.1, 0.15) is 11.5 Å². The number of amides is 1. The first-order valence-electron chi connectivity index (χ1n) is 7.95. The Kier molecular flexibility index (Phi) is 4.37. The number of aromatic nitrogens is 1. The number of rotatable bonds is 4. The van der Waals surface area contributed by atoms with E-state index in [0.29, 0.717) is 6.42 Å². The van der Waals surface area contributed by atoms with Crippen molar-refractivity contribution in [3.63, 3.8) is 0 Å². The first-order chi connectivity index (χ1) is 11.1. The van der Waals surface area contributed by atoms with Crippen molar-refractivity contribution >= 4 is 5.91 Å². The van der Waals surface area contributed by atoms with Gasteiger partial charge in [-0.25, -0.2) is 0 Å². The number of likely N-dealkylation sites (tertiary alicyclic amines) is 1. The molecule has 1 atom stereocenters. The van der Waals surface area contributed by atoms with Gasteiger partial charge in [0, 0.05) is 12.1 Å². The standard InChI is InChI=1S/C18H22N2O3/c1-12-16(13(2)23-19-12)11-18(21)20-10-4-5-17(20)14-6-8-15(22-3)9-7-14/h6-9,17H,4-5,10-11H2,1-3H3/t17-/m1/s1. The number of ether oxygens (including phenoxy) is 1. The summed E-state index contributed by atoms with van der Waals surface area (Å²) >= 11 is 0. The van der Waals surface area contributed by atoms with Crippen molar-refractivity contribution in [2.75, 3.05) is 13.7 Å². The van der Waals surface area contributed by atoms with Crippen molar-refractivity contribution in [1.82, 2.24) is 10.1 Å². The molecule has 0 saturated carbocycles. The molecule has 5 heteroatoms. The highest BCUT2D eigenvalue weighted by molar-refractivity contribution is 5.80. The van der Waals surface area contributed by atoms with E-state index in [1.807, 2.05) is 43.0 Å². The molecule has 0 unspecified atom stereocenters. The molecule has 1 amide bonds. The molecule has 23 heavy (non-hydrogen) atoms. The molecule has 1 aromatic heterocycles. The number of carbonyl (C=O) groups is 1. The third kappa shape index (κ3) is 3.09. The van der Waals surface area contributed by atoms with Gasteiger partial charge in [-0.05, 0) is 44.4 Å². The van der Waals surface area contributed by atoms with Crippen LogP contribution in [-0.4, -0.2) is 29.6 Å². The number of methoxy groups -OCH3 is 1. The fourth-order valence-electron chi connectivity index (χ4n) is 3.24. The fraction of sp³-hybridized carbons (Fsp3) is 0.444. The third-order valence-electron chi connectivity index (χ3n) is 4.58. The number of nitrogens with zero attached hydrogens (tertiary/aromatic N) is 2. The Morgan fingerprint density at radius 3 is 2.70 bits per heavy atom. The summed E-state index contributed by atoms with van der Waals surface area (Å²) in [6, 6.07) is 8.14. The summed E-state index contributed by atoms with van der Waals surface area (Å²) in [6.45, 7) is 4.54. The second-order valence-corrected chi connectivity index (χ2v) is 6.00. The monoisotopic (exact) mass is 314 g/mol. The summed E-state index contributed by atoms with van der Waals surface area (Å²) < 4.78 is 10.4. The SMILES string of the molecule is COc1ccc([C@H]2CCCN2C(=O)Cc2c(C)noc2C)cc1.